The molecule has 0 fully saturated rings. The van der Waals surface area contributed by atoms with Gasteiger partial charge in [0.15, 0.2) is 0 Å². The first kappa shape index (κ1) is 25.0. The monoisotopic (exact) mass is 475 g/mol. The summed E-state index contributed by atoms with van der Waals surface area (Å²) < 4.78 is 16.2. The number of thioether (sulfide) groups is 1. The quantitative estimate of drug-likeness (QED) is 0.278. The van der Waals surface area contributed by atoms with Gasteiger partial charge in [-0.05, 0) is 35.9 Å². The van der Waals surface area contributed by atoms with Gasteiger partial charge in [-0.1, -0.05) is 67.5 Å². The Hall–Kier alpha value is -1.60. The second-order valence-corrected chi connectivity index (χ2v) is 12.6. The third-order valence-electron chi connectivity index (χ3n) is 5.87. The first-order valence-electron chi connectivity index (χ1n) is 11.4. The molecule has 176 valence electrons. The second kappa shape index (κ2) is 9.72. The number of hydrogen-bond acceptors (Lipinski definition) is 7. The van der Waals surface area contributed by atoms with Gasteiger partial charge in [-0.2, -0.15) is 4.37 Å². The van der Waals surface area contributed by atoms with Crippen LogP contribution < -0.4 is 0 Å². The van der Waals surface area contributed by atoms with Gasteiger partial charge in [-0.15, -0.1) is 11.8 Å². The van der Waals surface area contributed by atoms with E-state index in [0.717, 1.165) is 40.2 Å². The van der Waals surface area contributed by atoms with Crippen LogP contribution in [0.5, 0.6) is 0 Å². The summed E-state index contributed by atoms with van der Waals surface area (Å²) in [5, 5.41) is 5.32. The molecular formula is C25H37N3O2S2. The van der Waals surface area contributed by atoms with Crippen molar-refractivity contribution in [3.8, 4) is 0 Å². The van der Waals surface area contributed by atoms with E-state index in [0.29, 0.717) is 11.8 Å². The lowest BCUT2D eigenvalue weighted by Crippen LogP contribution is -2.22. The minimum absolute atomic E-state index is 0.136. The number of oxazole rings is 1. The maximum atomic E-state index is 5.96. The van der Waals surface area contributed by atoms with Crippen molar-refractivity contribution in [2.45, 2.75) is 102 Å². The van der Waals surface area contributed by atoms with Crippen molar-refractivity contribution < 1.29 is 8.94 Å². The fraction of sp³-hybridized carbons (Fsp3) is 0.640. The molecule has 0 aliphatic carbocycles. The van der Waals surface area contributed by atoms with Gasteiger partial charge in [-0.3, -0.25) is 0 Å². The lowest BCUT2D eigenvalue weighted by molar-refractivity contribution is 0.291. The highest BCUT2D eigenvalue weighted by molar-refractivity contribution is 7.99. The summed E-state index contributed by atoms with van der Waals surface area (Å²) in [5.74, 6) is 3.70. The Labute approximate surface area is 200 Å². The highest BCUT2D eigenvalue weighted by Crippen LogP contribution is 2.37. The molecule has 0 aliphatic rings. The maximum absolute atomic E-state index is 5.96. The van der Waals surface area contributed by atoms with E-state index >= 15 is 0 Å². The molecule has 7 heteroatoms. The molecule has 0 aliphatic heterocycles. The van der Waals surface area contributed by atoms with Gasteiger partial charge in [0, 0.05) is 28.0 Å². The van der Waals surface area contributed by atoms with Crippen LogP contribution in [0.1, 0.15) is 114 Å². The average Bonchev–Trinajstić information content (AvgIpc) is 3.46. The summed E-state index contributed by atoms with van der Waals surface area (Å²) in [4.78, 5) is 6.22. The van der Waals surface area contributed by atoms with Crippen LogP contribution in [0.3, 0.4) is 0 Å². The Morgan fingerprint density at radius 2 is 1.69 bits per heavy atom. The van der Waals surface area contributed by atoms with Gasteiger partial charge in [0.1, 0.15) is 17.0 Å². The van der Waals surface area contributed by atoms with E-state index in [4.69, 9.17) is 13.9 Å². The third-order valence-corrected chi connectivity index (χ3v) is 8.44. The fourth-order valence-corrected chi connectivity index (χ4v) is 5.47. The molecule has 0 N–H and O–H groups in total. The van der Waals surface area contributed by atoms with Gasteiger partial charge in [-0.25, -0.2) is 4.98 Å². The molecule has 0 aromatic carbocycles. The fourth-order valence-electron chi connectivity index (χ4n) is 3.60. The number of aromatic nitrogens is 3. The highest BCUT2D eigenvalue weighted by Gasteiger charge is 2.32. The molecule has 0 saturated heterocycles. The van der Waals surface area contributed by atoms with Crippen molar-refractivity contribution in [3.05, 3.63) is 46.3 Å². The second-order valence-electron chi connectivity index (χ2n) is 10.7. The van der Waals surface area contributed by atoms with Gasteiger partial charge < -0.3 is 8.94 Å². The molecule has 1 unspecified atom stereocenters. The van der Waals surface area contributed by atoms with Gasteiger partial charge in [0.2, 0.25) is 5.89 Å². The third kappa shape index (κ3) is 5.84. The van der Waals surface area contributed by atoms with E-state index in [1.165, 1.54) is 4.88 Å². The summed E-state index contributed by atoms with van der Waals surface area (Å²) >= 11 is 3.37. The first-order valence-corrected chi connectivity index (χ1v) is 13.2. The van der Waals surface area contributed by atoms with E-state index in [-0.39, 0.29) is 16.7 Å². The molecule has 0 amide bonds. The minimum Gasteiger partial charge on any atom is -0.448 e. The molecular weight excluding hydrogens is 438 g/mol. The van der Waals surface area contributed by atoms with Crippen LogP contribution in [-0.2, 0) is 10.8 Å². The van der Waals surface area contributed by atoms with Crippen LogP contribution in [0.4, 0.5) is 0 Å². The molecule has 3 rings (SSSR count). The van der Waals surface area contributed by atoms with Crippen LogP contribution in [0.15, 0.2) is 32.4 Å². The van der Waals surface area contributed by atoms with Crippen molar-refractivity contribution in [1.29, 1.82) is 0 Å². The van der Waals surface area contributed by atoms with Crippen molar-refractivity contribution in [1.82, 2.24) is 14.5 Å². The van der Waals surface area contributed by atoms with Crippen molar-refractivity contribution >= 4 is 23.3 Å². The Morgan fingerprint density at radius 1 is 0.969 bits per heavy atom. The maximum Gasteiger partial charge on any atom is 0.200 e. The van der Waals surface area contributed by atoms with E-state index in [1.54, 1.807) is 23.3 Å². The highest BCUT2D eigenvalue weighted by atomic mass is 32.2. The first-order chi connectivity index (χ1) is 14.9. The topological polar surface area (TPSA) is 65.0 Å². The summed E-state index contributed by atoms with van der Waals surface area (Å²) in [6, 6.07) is 4.30. The Bertz CT molecular complexity index is 1010. The Morgan fingerprint density at radius 3 is 2.28 bits per heavy atom. The predicted molar refractivity (Wildman–Crippen MR) is 133 cm³/mol. The summed E-state index contributed by atoms with van der Waals surface area (Å²) in [7, 11) is 0. The molecule has 0 radical (unpaired) electrons. The molecule has 1 atom stereocenters. The summed E-state index contributed by atoms with van der Waals surface area (Å²) in [6.45, 7) is 19.6. The van der Waals surface area contributed by atoms with Crippen LogP contribution >= 0.6 is 23.3 Å². The van der Waals surface area contributed by atoms with Crippen molar-refractivity contribution in [2.24, 2.45) is 0 Å². The Balaban J connectivity index is 1.64. The van der Waals surface area contributed by atoms with Crippen molar-refractivity contribution in [3.63, 3.8) is 0 Å². The molecule has 0 spiro atoms. The van der Waals surface area contributed by atoms with Crippen LogP contribution in [0.2, 0.25) is 0 Å². The van der Waals surface area contributed by atoms with E-state index in [9.17, 15) is 0 Å². The van der Waals surface area contributed by atoms with E-state index < -0.39 is 0 Å². The molecule has 0 saturated carbocycles. The lowest BCUT2D eigenvalue weighted by atomic mass is 9.80. The molecule has 0 bridgehead atoms. The van der Waals surface area contributed by atoms with E-state index in [2.05, 4.69) is 84.0 Å². The number of hydrogen-bond donors (Lipinski definition) is 0. The summed E-state index contributed by atoms with van der Waals surface area (Å²) in [6.07, 6.45) is 2.72. The molecule has 3 aromatic rings. The number of nitrogens with zero attached hydrogens (tertiary/aromatic N) is 3. The molecule has 5 nitrogen and oxygen atoms in total. The van der Waals surface area contributed by atoms with Gasteiger partial charge in [0.25, 0.3) is 0 Å². The smallest absolute Gasteiger partial charge is 0.200 e. The number of rotatable bonds is 10. The van der Waals surface area contributed by atoms with Gasteiger partial charge >= 0.3 is 0 Å². The summed E-state index contributed by atoms with van der Waals surface area (Å²) in [5.41, 5.74) is 1.68. The van der Waals surface area contributed by atoms with Crippen LogP contribution in [0.25, 0.3) is 0 Å². The largest absolute Gasteiger partial charge is 0.448 e. The lowest BCUT2D eigenvalue weighted by Gasteiger charge is -2.24. The SMILES string of the molecule is CC(C)c1cc(C(C)(C)CC(C)c2coc(C(C)(C)CSc3cc(C(C)C)sn3)n2)on1. The molecule has 3 aromatic heterocycles. The standard InChI is InChI=1S/C25H37N3O2S2/c1-15(2)18-10-21(30-27-18)24(6,7)12-17(5)19-13-29-23(26-19)25(8,9)14-31-22-11-20(16(3)4)32-28-22/h10-11,13,15-17H,12,14H2,1-9H3. The minimum atomic E-state index is -0.184. The molecule has 32 heavy (non-hydrogen) atoms. The zero-order valence-corrected chi connectivity index (χ0v) is 22.5. The Kier molecular flexibility index (Phi) is 7.60. The van der Waals surface area contributed by atoms with Gasteiger partial charge in [0.05, 0.1) is 16.8 Å². The normalized spacial score (nSPS) is 14.0. The van der Waals surface area contributed by atoms with E-state index in [1.807, 2.05) is 6.26 Å². The predicted octanol–water partition coefficient (Wildman–Crippen LogP) is 7.91. The zero-order valence-electron chi connectivity index (χ0n) is 20.9. The van der Waals surface area contributed by atoms with Crippen LogP contribution in [0, 0.1) is 0 Å². The zero-order chi connectivity index (χ0) is 23.7. The molecule has 3 heterocycles. The van der Waals surface area contributed by atoms with Crippen LogP contribution in [-0.4, -0.2) is 20.3 Å². The van der Waals surface area contributed by atoms with Crippen molar-refractivity contribution in [2.75, 3.05) is 5.75 Å². The average molecular weight is 476 g/mol.